The van der Waals surface area contributed by atoms with Gasteiger partial charge in [-0.05, 0) is 41.6 Å². The van der Waals surface area contributed by atoms with Crippen molar-refractivity contribution in [1.82, 2.24) is 4.98 Å². The zero-order chi connectivity index (χ0) is 11.9. The van der Waals surface area contributed by atoms with E-state index >= 15 is 0 Å². The number of nitrogens with one attached hydrogen (secondary N) is 1. The van der Waals surface area contributed by atoms with Crippen LogP contribution in [0.4, 0.5) is 11.4 Å². The maximum Gasteiger partial charge on any atom is 0.108 e. The van der Waals surface area contributed by atoms with Crippen LogP contribution >= 0.6 is 0 Å². The van der Waals surface area contributed by atoms with Crippen molar-refractivity contribution in [3.8, 4) is 0 Å². The lowest BCUT2D eigenvalue weighted by atomic mass is 10.2. The molecule has 0 saturated carbocycles. The highest BCUT2D eigenvalue weighted by molar-refractivity contribution is 5.50. The average molecular weight is 227 g/mol. The third-order valence-electron chi connectivity index (χ3n) is 2.41. The average Bonchev–Trinajstić information content (AvgIpc) is 2.41. The van der Waals surface area contributed by atoms with E-state index in [0.717, 1.165) is 24.3 Å². The number of hydrogen-bond donors (Lipinski definition) is 1. The minimum Gasteiger partial charge on any atom is -0.385 e. The molecule has 1 aromatic carbocycles. The molecule has 2 aromatic rings. The minimum absolute atomic E-state index is 0.445. The summed E-state index contributed by atoms with van der Waals surface area (Å²) in [6, 6.07) is 13.0. The van der Waals surface area contributed by atoms with Crippen molar-refractivity contribution in [2.75, 3.05) is 11.9 Å². The van der Waals surface area contributed by atoms with Crippen LogP contribution in [0.15, 0.2) is 53.8 Å². The van der Waals surface area contributed by atoms with Crippen molar-refractivity contribution in [3.05, 3.63) is 59.3 Å². The summed E-state index contributed by atoms with van der Waals surface area (Å²) in [6.07, 6.45) is 2.66. The molecule has 0 saturated heterocycles. The number of aromatic nitrogens is 1. The summed E-state index contributed by atoms with van der Waals surface area (Å²) in [7, 11) is 0. The summed E-state index contributed by atoms with van der Waals surface area (Å²) < 4.78 is 0. The molecule has 4 heteroatoms. The Morgan fingerprint density at radius 3 is 2.59 bits per heavy atom. The Morgan fingerprint density at radius 1 is 1.12 bits per heavy atom. The van der Waals surface area contributed by atoms with E-state index in [1.807, 2.05) is 30.3 Å². The third kappa shape index (κ3) is 3.38. The second-order valence-corrected chi connectivity index (χ2v) is 3.64. The summed E-state index contributed by atoms with van der Waals surface area (Å²) in [4.78, 5) is 14.5. The topological polar surface area (TPSA) is 54.4 Å². The van der Waals surface area contributed by atoms with Crippen molar-refractivity contribution >= 4 is 11.4 Å². The van der Waals surface area contributed by atoms with Gasteiger partial charge in [-0.15, -0.1) is 4.91 Å². The Kier molecular flexibility index (Phi) is 3.81. The van der Waals surface area contributed by atoms with Gasteiger partial charge in [-0.25, -0.2) is 0 Å². The molecule has 0 aliphatic heterocycles. The van der Waals surface area contributed by atoms with Crippen molar-refractivity contribution in [2.45, 2.75) is 6.42 Å². The van der Waals surface area contributed by atoms with Gasteiger partial charge in [-0.1, -0.05) is 6.07 Å². The van der Waals surface area contributed by atoms with Gasteiger partial charge in [0.2, 0.25) is 0 Å². The first-order chi connectivity index (χ1) is 8.38. The van der Waals surface area contributed by atoms with E-state index in [9.17, 15) is 4.91 Å². The van der Waals surface area contributed by atoms with Gasteiger partial charge in [0.05, 0.1) is 0 Å². The van der Waals surface area contributed by atoms with Crippen LogP contribution in [-0.4, -0.2) is 11.5 Å². The Labute approximate surface area is 99.7 Å². The van der Waals surface area contributed by atoms with E-state index in [1.165, 1.54) is 0 Å². The molecule has 0 radical (unpaired) electrons. The van der Waals surface area contributed by atoms with Gasteiger partial charge in [-0.2, -0.15) is 0 Å². The van der Waals surface area contributed by atoms with Gasteiger partial charge in [0.1, 0.15) is 5.69 Å². The number of benzene rings is 1. The predicted octanol–water partition coefficient (Wildman–Crippen LogP) is 3.13. The Hall–Kier alpha value is -2.23. The molecule has 0 amide bonds. The van der Waals surface area contributed by atoms with Crippen LogP contribution in [0, 0.1) is 4.91 Å². The highest BCUT2D eigenvalue weighted by Crippen LogP contribution is 2.15. The smallest absolute Gasteiger partial charge is 0.108 e. The molecular formula is C13H13N3O. The first kappa shape index (κ1) is 11.3. The van der Waals surface area contributed by atoms with E-state index in [4.69, 9.17) is 0 Å². The minimum atomic E-state index is 0.445. The molecule has 0 atom stereocenters. The van der Waals surface area contributed by atoms with E-state index in [2.05, 4.69) is 15.5 Å². The normalized spacial score (nSPS) is 9.88. The van der Waals surface area contributed by atoms with E-state index < -0.39 is 0 Å². The summed E-state index contributed by atoms with van der Waals surface area (Å²) in [6.45, 7) is 0.810. The molecule has 86 valence electrons. The van der Waals surface area contributed by atoms with Gasteiger partial charge in [0.25, 0.3) is 0 Å². The number of anilines is 1. The molecule has 4 nitrogen and oxygen atoms in total. The molecule has 2 rings (SSSR count). The van der Waals surface area contributed by atoms with Crippen LogP contribution in [-0.2, 0) is 6.42 Å². The molecule has 1 N–H and O–H groups in total. The summed E-state index contributed by atoms with van der Waals surface area (Å²) in [5.41, 5.74) is 2.49. The van der Waals surface area contributed by atoms with Gasteiger partial charge in [-0.3, -0.25) is 4.98 Å². The lowest BCUT2D eigenvalue weighted by molar-refractivity contribution is 0.961. The van der Waals surface area contributed by atoms with Gasteiger partial charge in [0.15, 0.2) is 0 Å². The number of pyridine rings is 1. The number of rotatable bonds is 5. The first-order valence-electron chi connectivity index (χ1n) is 5.46. The van der Waals surface area contributed by atoms with Crippen LogP contribution in [0.25, 0.3) is 0 Å². The van der Waals surface area contributed by atoms with Crippen LogP contribution in [0.2, 0.25) is 0 Å². The van der Waals surface area contributed by atoms with E-state index in [0.29, 0.717) is 5.69 Å². The third-order valence-corrected chi connectivity index (χ3v) is 2.41. The molecule has 0 bridgehead atoms. The molecule has 0 unspecified atom stereocenters. The standard InChI is InChI=1S/C13H13N3O/c17-16-13-6-4-12(5-7-13)15-10-8-11-3-1-2-9-14-11/h1-7,9,15H,8,10H2. The molecule has 1 heterocycles. The fraction of sp³-hybridized carbons (Fsp3) is 0.154. The van der Waals surface area contributed by atoms with Crippen LogP contribution in [0.1, 0.15) is 5.69 Å². The van der Waals surface area contributed by atoms with Crippen LogP contribution in [0.5, 0.6) is 0 Å². The zero-order valence-electron chi connectivity index (χ0n) is 9.34. The maximum absolute atomic E-state index is 10.2. The maximum atomic E-state index is 10.2. The van der Waals surface area contributed by atoms with Crippen LogP contribution < -0.4 is 5.32 Å². The highest BCUT2D eigenvalue weighted by atomic mass is 16.3. The lowest BCUT2D eigenvalue weighted by Crippen LogP contribution is -2.05. The first-order valence-corrected chi connectivity index (χ1v) is 5.46. The van der Waals surface area contributed by atoms with E-state index in [1.54, 1.807) is 18.3 Å². The molecule has 1 aromatic heterocycles. The highest BCUT2D eigenvalue weighted by Gasteiger charge is 1.95. The number of hydrogen-bond acceptors (Lipinski definition) is 4. The Morgan fingerprint density at radius 2 is 1.94 bits per heavy atom. The monoisotopic (exact) mass is 227 g/mol. The van der Waals surface area contributed by atoms with Crippen LogP contribution in [0.3, 0.4) is 0 Å². The predicted molar refractivity (Wildman–Crippen MR) is 68.3 cm³/mol. The van der Waals surface area contributed by atoms with Crippen molar-refractivity contribution in [1.29, 1.82) is 0 Å². The molecule has 0 aliphatic rings. The number of nitrogens with zero attached hydrogens (tertiary/aromatic N) is 2. The second-order valence-electron chi connectivity index (χ2n) is 3.64. The fourth-order valence-electron chi connectivity index (χ4n) is 1.52. The van der Waals surface area contributed by atoms with Crippen molar-refractivity contribution in [2.24, 2.45) is 5.18 Å². The Bertz CT molecular complexity index is 468. The molecule has 0 aliphatic carbocycles. The fourth-order valence-corrected chi connectivity index (χ4v) is 1.52. The van der Waals surface area contributed by atoms with Crippen molar-refractivity contribution in [3.63, 3.8) is 0 Å². The summed E-state index contributed by atoms with van der Waals surface area (Å²) in [5, 5.41) is 6.11. The molecule has 0 fully saturated rings. The largest absolute Gasteiger partial charge is 0.385 e. The van der Waals surface area contributed by atoms with Gasteiger partial charge in [0, 0.05) is 30.5 Å². The molecular weight excluding hydrogens is 214 g/mol. The summed E-state index contributed by atoms with van der Waals surface area (Å²) >= 11 is 0. The zero-order valence-corrected chi connectivity index (χ0v) is 9.34. The Balaban J connectivity index is 1.84. The number of nitroso groups, excluding NO2 is 1. The van der Waals surface area contributed by atoms with Crippen molar-refractivity contribution < 1.29 is 0 Å². The van der Waals surface area contributed by atoms with Gasteiger partial charge >= 0.3 is 0 Å². The van der Waals surface area contributed by atoms with Gasteiger partial charge < -0.3 is 5.32 Å². The SMILES string of the molecule is O=Nc1ccc(NCCc2ccccn2)cc1. The molecule has 0 spiro atoms. The second kappa shape index (κ2) is 5.75. The van der Waals surface area contributed by atoms with E-state index in [-0.39, 0.29) is 0 Å². The quantitative estimate of drug-likeness (QED) is 0.798. The summed E-state index contributed by atoms with van der Waals surface area (Å²) in [5.74, 6) is 0. The molecule has 17 heavy (non-hydrogen) atoms. The lowest BCUT2D eigenvalue weighted by Gasteiger charge is -2.05.